The Labute approximate surface area is 150 Å². The highest BCUT2D eigenvalue weighted by molar-refractivity contribution is 5.78. The van der Waals surface area contributed by atoms with E-state index in [0.29, 0.717) is 0 Å². The molecular weight excluding hydrogens is 312 g/mol. The van der Waals surface area contributed by atoms with Gasteiger partial charge in [-0.3, -0.25) is 4.79 Å². The summed E-state index contributed by atoms with van der Waals surface area (Å²) >= 11 is 0. The number of rotatable bonds is 4. The van der Waals surface area contributed by atoms with Crippen molar-refractivity contribution >= 4 is 11.6 Å². The van der Waals surface area contributed by atoms with Gasteiger partial charge in [-0.2, -0.15) is 0 Å². The molecule has 3 rings (SSSR count). The number of ether oxygens (including phenoxy) is 1. The van der Waals surface area contributed by atoms with E-state index in [9.17, 15) is 4.79 Å². The van der Waals surface area contributed by atoms with E-state index in [0.717, 1.165) is 31.9 Å². The van der Waals surface area contributed by atoms with Crippen molar-refractivity contribution in [1.82, 2.24) is 4.90 Å². The highest BCUT2D eigenvalue weighted by atomic mass is 16.5. The van der Waals surface area contributed by atoms with E-state index in [2.05, 4.69) is 37.8 Å². The van der Waals surface area contributed by atoms with Crippen molar-refractivity contribution in [3.05, 3.63) is 59.2 Å². The summed E-state index contributed by atoms with van der Waals surface area (Å²) in [7, 11) is 0. The van der Waals surface area contributed by atoms with Gasteiger partial charge in [0.25, 0.3) is 5.91 Å². The number of amides is 1. The summed E-state index contributed by atoms with van der Waals surface area (Å²) in [5, 5.41) is 0. The lowest BCUT2D eigenvalue weighted by atomic mass is 10.0. The maximum absolute atomic E-state index is 12.4. The lowest BCUT2D eigenvalue weighted by Gasteiger charge is -2.37. The number of hydrogen-bond acceptors (Lipinski definition) is 3. The molecule has 0 spiro atoms. The lowest BCUT2D eigenvalue weighted by Crippen LogP contribution is -2.50. The normalized spacial score (nSPS) is 14.5. The summed E-state index contributed by atoms with van der Waals surface area (Å²) in [5.41, 5.74) is 5.23. The zero-order valence-electron chi connectivity index (χ0n) is 15.3. The van der Waals surface area contributed by atoms with Crippen molar-refractivity contribution in [1.29, 1.82) is 0 Å². The first-order valence-electron chi connectivity index (χ1n) is 8.83. The molecule has 0 atom stereocenters. The van der Waals surface area contributed by atoms with Crippen LogP contribution in [0.15, 0.2) is 42.5 Å². The van der Waals surface area contributed by atoms with Gasteiger partial charge in [0.05, 0.1) is 0 Å². The standard InChI is InChI=1S/C21H26N2O2/c1-16-13-17(2)21(18(3)14-16)23-11-9-22(10-12-23)20(24)15-25-19-7-5-4-6-8-19/h4-8,13-14H,9-12,15H2,1-3H3. The average molecular weight is 338 g/mol. The molecule has 1 saturated heterocycles. The van der Waals surface area contributed by atoms with Gasteiger partial charge in [0.2, 0.25) is 0 Å². The molecule has 0 aliphatic carbocycles. The summed E-state index contributed by atoms with van der Waals surface area (Å²) in [6.45, 7) is 9.78. The molecule has 25 heavy (non-hydrogen) atoms. The Morgan fingerprint density at radius 2 is 1.56 bits per heavy atom. The zero-order valence-corrected chi connectivity index (χ0v) is 15.3. The number of anilines is 1. The number of nitrogens with zero attached hydrogens (tertiary/aromatic N) is 2. The maximum atomic E-state index is 12.4. The number of aryl methyl sites for hydroxylation is 3. The van der Waals surface area contributed by atoms with Gasteiger partial charge in [0, 0.05) is 31.9 Å². The fraction of sp³-hybridized carbons (Fsp3) is 0.381. The van der Waals surface area contributed by atoms with E-state index in [1.165, 1.54) is 22.4 Å². The molecule has 2 aromatic rings. The zero-order chi connectivity index (χ0) is 17.8. The number of piperazine rings is 1. The van der Waals surface area contributed by atoms with E-state index in [1.54, 1.807) is 0 Å². The Morgan fingerprint density at radius 1 is 0.960 bits per heavy atom. The highest BCUT2D eigenvalue weighted by Crippen LogP contribution is 2.27. The summed E-state index contributed by atoms with van der Waals surface area (Å²) in [4.78, 5) is 16.7. The van der Waals surface area contributed by atoms with Crippen molar-refractivity contribution < 1.29 is 9.53 Å². The SMILES string of the molecule is Cc1cc(C)c(N2CCN(C(=O)COc3ccccc3)CC2)c(C)c1. The molecule has 1 aliphatic rings. The van der Waals surface area contributed by atoms with Crippen LogP contribution in [0.2, 0.25) is 0 Å². The van der Waals surface area contributed by atoms with Gasteiger partial charge in [-0.05, 0) is 44.0 Å². The molecule has 1 aliphatic heterocycles. The van der Waals surface area contributed by atoms with Crippen LogP contribution in [0.25, 0.3) is 0 Å². The fourth-order valence-electron chi connectivity index (χ4n) is 3.60. The Bertz CT molecular complexity index is 712. The van der Waals surface area contributed by atoms with Gasteiger partial charge in [-0.25, -0.2) is 0 Å². The third kappa shape index (κ3) is 4.13. The maximum Gasteiger partial charge on any atom is 0.260 e. The van der Waals surface area contributed by atoms with Gasteiger partial charge >= 0.3 is 0 Å². The summed E-state index contributed by atoms with van der Waals surface area (Å²) in [6, 6.07) is 13.9. The molecule has 0 N–H and O–H groups in total. The second kappa shape index (κ2) is 7.60. The summed E-state index contributed by atoms with van der Waals surface area (Å²) < 4.78 is 5.58. The first kappa shape index (κ1) is 17.3. The fourth-order valence-corrected chi connectivity index (χ4v) is 3.60. The third-order valence-corrected chi connectivity index (χ3v) is 4.69. The molecule has 0 aromatic heterocycles. The Balaban J connectivity index is 1.56. The van der Waals surface area contributed by atoms with Crippen molar-refractivity contribution in [3.63, 3.8) is 0 Å². The smallest absolute Gasteiger partial charge is 0.260 e. The van der Waals surface area contributed by atoms with Crippen molar-refractivity contribution in [2.24, 2.45) is 0 Å². The van der Waals surface area contributed by atoms with Crippen molar-refractivity contribution in [3.8, 4) is 5.75 Å². The van der Waals surface area contributed by atoms with E-state index in [1.807, 2.05) is 35.2 Å². The van der Waals surface area contributed by atoms with Gasteiger partial charge in [0.1, 0.15) is 5.75 Å². The second-order valence-electron chi connectivity index (χ2n) is 6.72. The predicted molar refractivity (Wildman–Crippen MR) is 101 cm³/mol. The van der Waals surface area contributed by atoms with Crippen LogP contribution >= 0.6 is 0 Å². The molecule has 1 amide bonds. The topological polar surface area (TPSA) is 32.8 Å². The summed E-state index contributed by atoms with van der Waals surface area (Å²) in [5.74, 6) is 0.793. The molecule has 4 heteroatoms. The number of para-hydroxylation sites is 1. The second-order valence-corrected chi connectivity index (χ2v) is 6.72. The molecule has 0 unspecified atom stereocenters. The van der Waals surface area contributed by atoms with E-state index < -0.39 is 0 Å². The van der Waals surface area contributed by atoms with Gasteiger partial charge in [-0.1, -0.05) is 35.9 Å². The lowest BCUT2D eigenvalue weighted by molar-refractivity contribution is -0.133. The number of carbonyl (C=O) groups is 1. The minimum absolute atomic E-state index is 0.0563. The molecule has 1 fully saturated rings. The molecule has 2 aromatic carbocycles. The van der Waals surface area contributed by atoms with Crippen molar-refractivity contribution in [2.45, 2.75) is 20.8 Å². The number of benzene rings is 2. The predicted octanol–water partition coefficient (Wildman–Crippen LogP) is 3.34. The molecule has 0 radical (unpaired) electrons. The van der Waals surface area contributed by atoms with Gasteiger partial charge < -0.3 is 14.5 Å². The molecule has 1 heterocycles. The molecule has 0 bridgehead atoms. The van der Waals surface area contributed by atoms with E-state index in [-0.39, 0.29) is 12.5 Å². The largest absolute Gasteiger partial charge is 0.484 e. The minimum Gasteiger partial charge on any atom is -0.484 e. The first-order valence-corrected chi connectivity index (χ1v) is 8.83. The molecule has 132 valence electrons. The Hall–Kier alpha value is -2.49. The molecule has 4 nitrogen and oxygen atoms in total. The number of carbonyl (C=O) groups excluding carboxylic acids is 1. The van der Waals surface area contributed by atoms with Crippen LogP contribution in [-0.2, 0) is 4.79 Å². The first-order chi connectivity index (χ1) is 12.0. The summed E-state index contributed by atoms with van der Waals surface area (Å²) in [6.07, 6.45) is 0. The quantitative estimate of drug-likeness (QED) is 0.857. The van der Waals surface area contributed by atoms with Gasteiger partial charge in [0.15, 0.2) is 6.61 Å². The Kier molecular flexibility index (Phi) is 5.27. The number of hydrogen-bond donors (Lipinski definition) is 0. The molecule has 0 saturated carbocycles. The van der Waals surface area contributed by atoms with E-state index >= 15 is 0 Å². The monoisotopic (exact) mass is 338 g/mol. The Morgan fingerprint density at radius 3 is 2.16 bits per heavy atom. The average Bonchev–Trinajstić information content (AvgIpc) is 2.60. The van der Waals surface area contributed by atoms with Crippen LogP contribution in [0.5, 0.6) is 5.75 Å². The minimum atomic E-state index is 0.0563. The van der Waals surface area contributed by atoms with Crippen LogP contribution in [0.3, 0.4) is 0 Å². The highest BCUT2D eigenvalue weighted by Gasteiger charge is 2.23. The van der Waals surface area contributed by atoms with Crippen LogP contribution in [0, 0.1) is 20.8 Å². The van der Waals surface area contributed by atoms with Crippen LogP contribution < -0.4 is 9.64 Å². The van der Waals surface area contributed by atoms with Crippen LogP contribution in [0.1, 0.15) is 16.7 Å². The third-order valence-electron chi connectivity index (χ3n) is 4.69. The van der Waals surface area contributed by atoms with Crippen LogP contribution in [0.4, 0.5) is 5.69 Å². The van der Waals surface area contributed by atoms with Crippen molar-refractivity contribution in [2.75, 3.05) is 37.7 Å². The van der Waals surface area contributed by atoms with Gasteiger partial charge in [-0.15, -0.1) is 0 Å². The molecular formula is C21H26N2O2. The van der Waals surface area contributed by atoms with E-state index in [4.69, 9.17) is 4.74 Å². The van der Waals surface area contributed by atoms with Crippen LogP contribution in [-0.4, -0.2) is 43.6 Å².